The zero-order valence-electron chi connectivity index (χ0n) is 12.1. The van der Waals surface area contributed by atoms with E-state index in [0.717, 1.165) is 19.3 Å². The Bertz CT molecular complexity index is 428. The van der Waals surface area contributed by atoms with Gasteiger partial charge >= 0.3 is 0 Å². The Hall–Kier alpha value is -0.840. The van der Waals surface area contributed by atoms with Gasteiger partial charge in [-0.05, 0) is 33.1 Å². The maximum absolute atomic E-state index is 12.4. The standard InChI is InChI=1S/C14H25NO3S/c1-4-15(12(3)11-19(17,18)5-2)14(16)13-9-7-6-8-10-13/h6-7,12-13H,4-5,8-11H2,1-3H3. The maximum atomic E-state index is 12.4. The molecule has 19 heavy (non-hydrogen) atoms. The van der Waals surface area contributed by atoms with Crippen molar-refractivity contribution >= 4 is 15.7 Å². The topological polar surface area (TPSA) is 54.5 Å². The fraction of sp³-hybridized carbons (Fsp3) is 0.786. The van der Waals surface area contributed by atoms with Gasteiger partial charge < -0.3 is 4.90 Å². The van der Waals surface area contributed by atoms with Crippen molar-refractivity contribution < 1.29 is 13.2 Å². The van der Waals surface area contributed by atoms with E-state index >= 15 is 0 Å². The fourth-order valence-electron chi connectivity index (χ4n) is 2.51. The van der Waals surface area contributed by atoms with Crippen molar-refractivity contribution in [1.82, 2.24) is 4.90 Å². The highest BCUT2D eigenvalue weighted by atomic mass is 32.2. The van der Waals surface area contributed by atoms with E-state index in [4.69, 9.17) is 0 Å². The van der Waals surface area contributed by atoms with E-state index in [1.54, 1.807) is 11.8 Å². The third-order valence-corrected chi connectivity index (χ3v) is 5.58. The van der Waals surface area contributed by atoms with Gasteiger partial charge in [0.2, 0.25) is 5.91 Å². The summed E-state index contributed by atoms with van der Waals surface area (Å²) in [5.41, 5.74) is 0. The highest BCUT2D eigenvalue weighted by Gasteiger charge is 2.28. The Balaban J connectivity index is 2.70. The summed E-state index contributed by atoms with van der Waals surface area (Å²) in [6.45, 7) is 5.95. The summed E-state index contributed by atoms with van der Waals surface area (Å²) in [5.74, 6) is 0.323. The summed E-state index contributed by atoms with van der Waals surface area (Å²) in [7, 11) is -3.05. The highest BCUT2D eigenvalue weighted by molar-refractivity contribution is 7.91. The van der Waals surface area contributed by atoms with Crippen LogP contribution in [0.2, 0.25) is 0 Å². The molecule has 4 nitrogen and oxygen atoms in total. The smallest absolute Gasteiger partial charge is 0.226 e. The molecule has 0 fully saturated rings. The molecule has 110 valence electrons. The van der Waals surface area contributed by atoms with Crippen LogP contribution in [0.5, 0.6) is 0 Å². The third kappa shape index (κ3) is 4.64. The Kier molecular flexibility index (Phi) is 6.04. The summed E-state index contributed by atoms with van der Waals surface area (Å²) in [4.78, 5) is 14.2. The van der Waals surface area contributed by atoms with Crippen LogP contribution in [-0.4, -0.2) is 43.3 Å². The molecule has 0 saturated carbocycles. The molecule has 1 aliphatic rings. The van der Waals surface area contributed by atoms with Gasteiger partial charge in [-0.3, -0.25) is 4.79 Å². The number of carbonyl (C=O) groups excluding carboxylic acids is 1. The maximum Gasteiger partial charge on any atom is 0.226 e. The average Bonchev–Trinajstić information content (AvgIpc) is 2.40. The first-order chi connectivity index (χ1) is 8.91. The quantitative estimate of drug-likeness (QED) is 0.702. The Labute approximate surface area is 116 Å². The third-order valence-electron chi connectivity index (χ3n) is 3.71. The van der Waals surface area contributed by atoms with Crippen LogP contribution in [0.25, 0.3) is 0 Å². The fourth-order valence-corrected chi connectivity index (χ4v) is 3.66. The molecule has 0 radical (unpaired) electrons. The van der Waals surface area contributed by atoms with Crippen LogP contribution in [0.1, 0.15) is 40.0 Å². The van der Waals surface area contributed by atoms with Gasteiger partial charge in [-0.25, -0.2) is 8.42 Å². The molecule has 0 spiro atoms. The number of sulfone groups is 1. The van der Waals surface area contributed by atoms with E-state index in [1.807, 2.05) is 19.9 Å². The van der Waals surface area contributed by atoms with E-state index in [2.05, 4.69) is 6.08 Å². The number of rotatable bonds is 6. The van der Waals surface area contributed by atoms with Crippen LogP contribution in [0.4, 0.5) is 0 Å². The van der Waals surface area contributed by atoms with Gasteiger partial charge in [-0.15, -0.1) is 0 Å². The number of hydrogen-bond donors (Lipinski definition) is 0. The van der Waals surface area contributed by atoms with Gasteiger partial charge in [0.05, 0.1) is 5.75 Å². The molecule has 0 saturated heterocycles. The van der Waals surface area contributed by atoms with Crippen molar-refractivity contribution in [2.45, 2.75) is 46.1 Å². The molecule has 0 aromatic carbocycles. The summed E-state index contributed by atoms with van der Waals surface area (Å²) in [5, 5.41) is 0. The number of amides is 1. The second-order valence-corrected chi connectivity index (χ2v) is 7.55. The average molecular weight is 287 g/mol. The zero-order valence-corrected chi connectivity index (χ0v) is 12.9. The number of allylic oxidation sites excluding steroid dienone is 2. The lowest BCUT2D eigenvalue weighted by atomic mass is 9.93. The lowest BCUT2D eigenvalue weighted by molar-refractivity contribution is -0.137. The van der Waals surface area contributed by atoms with Crippen LogP contribution in [0.15, 0.2) is 12.2 Å². The van der Waals surface area contributed by atoms with Crippen molar-refractivity contribution in [3.63, 3.8) is 0 Å². The molecule has 0 aromatic heterocycles. The molecule has 0 aromatic rings. The van der Waals surface area contributed by atoms with Crippen molar-refractivity contribution in [2.24, 2.45) is 5.92 Å². The number of hydrogen-bond acceptors (Lipinski definition) is 3. The molecule has 5 heteroatoms. The zero-order chi connectivity index (χ0) is 14.5. The van der Waals surface area contributed by atoms with Crippen LogP contribution in [0, 0.1) is 5.92 Å². The van der Waals surface area contributed by atoms with E-state index in [0.29, 0.717) is 6.54 Å². The van der Waals surface area contributed by atoms with E-state index < -0.39 is 9.84 Å². The predicted octanol–water partition coefficient (Wildman–Crippen LogP) is 2.01. The number of carbonyl (C=O) groups is 1. The second kappa shape index (κ2) is 7.08. The molecule has 1 rings (SSSR count). The van der Waals surface area contributed by atoms with Gasteiger partial charge in [0, 0.05) is 24.3 Å². The molecular formula is C14H25NO3S. The van der Waals surface area contributed by atoms with Gasteiger partial charge in [0.1, 0.15) is 0 Å². The van der Waals surface area contributed by atoms with Crippen LogP contribution in [0.3, 0.4) is 0 Å². The minimum atomic E-state index is -3.05. The summed E-state index contributed by atoms with van der Waals surface area (Å²) < 4.78 is 23.4. The molecule has 0 N–H and O–H groups in total. The summed E-state index contributed by atoms with van der Waals surface area (Å²) in [6.07, 6.45) is 6.75. The first-order valence-electron chi connectivity index (χ1n) is 7.07. The van der Waals surface area contributed by atoms with Gasteiger partial charge in [-0.1, -0.05) is 19.1 Å². The minimum Gasteiger partial charge on any atom is -0.339 e. The van der Waals surface area contributed by atoms with Crippen molar-refractivity contribution in [3.8, 4) is 0 Å². The highest BCUT2D eigenvalue weighted by Crippen LogP contribution is 2.21. The van der Waals surface area contributed by atoms with E-state index in [-0.39, 0.29) is 29.4 Å². The van der Waals surface area contributed by atoms with E-state index in [1.165, 1.54) is 0 Å². The molecule has 1 aliphatic carbocycles. The lowest BCUT2D eigenvalue weighted by Crippen LogP contribution is -2.45. The second-order valence-electron chi connectivity index (χ2n) is 5.15. The molecule has 0 bridgehead atoms. The van der Waals surface area contributed by atoms with Crippen molar-refractivity contribution in [3.05, 3.63) is 12.2 Å². The monoisotopic (exact) mass is 287 g/mol. The van der Waals surface area contributed by atoms with Gasteiger partial charge in [-0.2, -0.15) is 0 Å². The van der Waals surface area contributed by atoms with Crippen LogP contribution in [-0.2, 0) is 14.6 Å². The van der Waals surface area contributed by atoms with Crippen molar-refractivity contribution in [2.75, 3.05) is 18.1 Å². The van der Waals surface area contributed by atoms with Crippen LogP contribution >= 0.6 is 0 Å². The molecule has 1 amide bonds. The minimum absolute atomic E-state index is 0.0248. The molecule has 0 heterocycles. The normalized spacial score (nSPS) is 21.1. The van der Waals surface area contributed by atoms with Gasteiger partial charge in [0.25, 0.3) is 0 Å². The molecule has 2 unspecified atom stereocenters. The largest absolute Gasteiger partial charge is 0.339 e. The predicted molar refractivity (Wildman–Crippen MR) is 77.7 cm³/mol. The van der Waals surface area contributed by atoms with Crippen LogP contribution < -0.4 is 0 Å². The molecule has 0 aliphatic heterocycles. The molecule has 2 atom stereocenters. The Morgan fingerprint density at radius 2 is 2.05 bits per heavy atom. The van der Waals surface area contributed by atoms with E-state index in [9.17, 15) is 13.2 Å². The first-order valence-corrected chi connectivity index (χ1v) is 8.89. The molecular weight excluding hydrogens is 262 g/mol. The van der Waals surface area contributed by atoms with Crippen molar-refractivity contribution in [1.29, 1.82) is 0 Å². The summed E-state index contributed by atoms with van der Waals surface area (Å²) in [6, 6.07) is -0.242. The Morgan fingerprint density at radius 1 is 1.37 bits per heavy atom. The van der Waals surface area contributed by atoms with Gasteiger partial charge in [0.15, 0.2) is 9.84 Å². The summed E-state index contributed by atoms with van der Waals surface area (Å²) >= 11 is 0. The first kappa shape index (κ1) is 16.2. The number of nitrogens with zero attached hydrogens (tertiary/aromatic N) is 1. The SMILES string of the molecule is CCN(C(=O)C1CC=CCC1)C(C)CS(=O)(=O)CC. The lowest BCUT2D eigenvalue weighted by Gasteiger charge is -2.32. The Morgan fingerprint density at radius 3 is 2.53 bits per heavy atom.